The quantitative estimate of drug-likeness (QED) is 0.860. The second kappa shape index (κ2) is 7.29. The zero-order chi connectivity index (χ0) is 16.9. The smallest absolute Gasteiger partial charge is 0.276 e. The van der Waals surface area contributed by atoms with Gasteiger partial charge in [-0.15, -0.1) is 0 Å². The molecule has 2 amide bonds. The van der Waals surface area contributed by atoms with Crippen LogP contribution in [-0.2, 0) is 11.2 Å². The Morgan fingerprint density at radius 2 is 1.75 bits per heavy atom. The summed E-state index contributed by atoms with van der Waals surface area (Å²) in [5.74, 6) is 0.625. The van der Waals surface area contributed by atoms with E-state index in [-0.39, 0.29) is 11.8 Å². The molecule has 0 N–H and O–H groups in total. The fourth-order valence-electron chi connectivity index (χ4n) is 2.84. The van der Waals surface area contributed by atoms with E-state index in [4.69, 9.17) is 4.52 Å². The van der Waals surface area contributed by atoms with Crippen molar-refractivity contribution >= 4 is 11.8 Å². The molecule has 1 aliphatic rings. The summed E-state index contributed by atoms with van der Waals surface area (Å²) in [6.45, 7) is 3.95. The molecular formula is C18H21N3O3. The third-order valence-corrected chi connectivity index (χ3v) is 4.24. The van der Waals surface area contributed by atoms with Gasteiger partial charge in [-0.05, 0) is 18.9 Å². The molecule has 1 aromatic heterocycles. The van der Waals surface area contributed by atoms with Crippen LogP contribution in [-0.4, -0.2) is 52.9 Å². The first-order valence-corrected chi connectivity index (χ1v) is 8.18. The van der Waals surface area contributed by atoms with Crippen LogP contribution in [0.1, 0.15) is 28.2 Å². The molecule has 1 fully saturated rings. The van der Waals surface area contributed by atoms with Gasteiger partial charge < -0.3 is 14.3 Å². The fraction of sp³-hybridized carbons (Fsp3) is 0.389. The molecule has 6 nitrogen and oxygen atoms in total. The molecular weight excluding hydrogens is 306 g/mol. The summed E-state index contributed by atoms with van der Waals surface area (Å²) in [4.78, 5) is 28.2. The molecule has 126 valence electrons. The Morgan fingerprint density at radius 1 is 1.08 bits per heavy atom. The number of amides is 2. The standard InChI is InChI=1S/C18H21N3O3/c1-14-13-16(19-24-14)18(23)21-11-9-20(10-12-21)17(22)8-7-15-5-3-2-4-6-15/h2-6,13H,7-12H2,1H3. The maximum atomic E-state index is 12.3. The van der Waals surface area contributed by atoms with Crippen LogP contribution in [0.5, 0.6) is 0 Å². The van der Waals surface area contributed by atoms with Crippen LogP contribution in [0, 0.1) is 6.92 Å². The van der Waals surface area contributed by atoms with Crippen molar-refractivity contribution in [3.8, 4) is 0 Å². The van der Waals surface area contributed by atoms with E-state index < -0.39 is 0 Å². The predicted octanol–water partition coefficient (Wildman–Crippen LogP) is 1.90. The minimum atomic E-state index is -0.136. The molecule has 0 saturated carbocycles. The van der Waals surface area contributed by atoms with E-state index in [0.717, 1.165) is 6.42 Å². The molecule has 0 spiro atoms. The molecule has 2 heterocycles. The molecule has 0 atom stereocenters. The number of carbonyl (C=O) groups excluding carboxylic acids is 2. The molecule has 1 aliphatic heterocycles. The number of aromatic nitrogens is 1. The van der Waals surface area contributed by atoms with Crippen LogP contribution in [0.25, 0.3) is 0 Å². The maximum Gasteiger partial charge on any atom is 0.276 e. The summed E-state index contributed by atoms with van der Waals surface area (Å²) in [6, 6.07) is 11.6. The lowest BCUT2D eigenvalue weighted by Crippen LogP contribution is -2.50. The number of aryl methyl sites for hydroxylation is 2. The second-order valence-electron chi connectivity index (χ2n) is 5.98. The van der Waals surface area contributed by atoms with E-state index >= 15 is 0 Å². The number of piperazine rings is 1. The van der Waals surface area contributed by atoms with Crippen LogP contribution in [0.2, 0.25) is 0 Å². The number of hydrogen-bond donors (Lipinski definition) is 0. The Balaban J connectivity index is 1.47. The van der Waals surface area contributed by atoms with Crippen molar-refractivity contribution in [2.45, 2.75) is 19.8 Å². The summed E-state index contributed by atoms with van der Waals surface area (Å²) in [7, 11) is 0. The summed E-state index contributed by atoms with van der Waals surface area (Å²) >= 11 is 0. The summed E-state index contributed by atoms with van der Waals surface area (Å²) in [6.07, 6.45) is 1.25. The van der Waals surface area contributed by atoms with Crippen LogP contribution < -0.4 is 0 Å². The van der Waals surface area contributed by atoms with Crippen LogP contribution in [0.4, 0.5) is 0 Å². The summed E-state index contributed by atoms with van der Waals surface area (Å²) in [5.41, 5.74) is 1.50. The third kappa shape index (κ3) is 3.82. The van der Waals surface area contributed by atoms with E-state index in [9.17, 15) is 9.59 Å². The Hall–Kier alpha value is -2.63. The van der Waals surface area contributed by atoms with Gasteiger partial charge in [-0.3, -0.25) is 9.59 Å². The highest BCUT2D eigenvalue weighted by Gasteiger charge is 2.26. The Kier molecular flexibility index (Phi) is 4.93. The first-order chi connectivity index (χ1) is 11.6. The number of benzene rings is 1. The average Bonchev–Trinajstić information content (AvgIpc) is 3.06. The summed E-state index contributed by atoms with van der Waals surface area (Å²) in [5, 5.41) is 3.76. The highest BCUT2D eigenvalue weighted by Crippen LogP contribution is 2.11. The van der Waals surface area contributed by atoms with E-state index in [1.54, 1.807) is 17.9 Å². The van der Waals surface area contributed by atoms with Crippen molar-refractivity contribution in [2.75, 3.05) is 26.2 Å². The third-order valence-electron chi connectivity index (χ3n) is 4.24. The van der Waals surface area contributed by atoms with Gasteiger partial charge in [0.2, 0.25) is 5.91 Å². The van der Waals surface area contributed by atoms with Gasteiger partial charge in [0.15, 0.2) is 5.69 Å². The van der Waals surface area contributed by atoms with Gasteiger partial charge in [0.1, 0.15) is 5.76 Å². The van der Waals surface area contributed by atoms with Gasteiger partial charge >= 0.3 is 0 Å². The van der Waals surface area contributed by atoms with Crippen molar-refractivity contribution < 1.29 is 14.1 Å². The molecule has 24 heavy (non-hydrogen) atoms. The van der Waals surface area contributed by atoms with Crippen molar-refractivity contribution in [3.63, 3.8) is 0 Å². The van der Waals surface area contributed by atoms with Gasteiger partial charge in [0.05, 0.1) is 0 Å². The number of hydrogen-bond acceptors (Lipinski definition) is 4. The SMILES string of the molecule is Cc1cc(C(=O)N2CCN(C(=O)CCc3ccccc3)CC2)no1. The van der Waals surface area contributed by atoms with Gasteiger partial charge in [-0.25, -0.2) is 0 Å². The number of nitrogens with zero attached hydrogens (tertiary/aromatic N) is 3. The molecule has 0 radical (unpaired) electrons. The molecule has 0 unspecified atom stereocenters. The van der Waals surface area contributed by atoms with Crippen molar-refractivity contribution in [3.05, 3.63) is 53.4 Å². The molecule has 1 saturated heterocycles. The van der Waals surface area contributed by atoms with Crippen molar-refractivity contribution in [2.24, 2.45) is 0 Å². The molecule has 6 heteroatoms. The minimum Gasteiger partial charge on any atom is -0.361 e. The van der Waals surface area contributed by atoms with E-state index in [2.05, 4.69) is 5.16 Å². The molecule has 0 aliphatic carbocycles. The highest BCUT2D eigenvalue weighted by molar-refractivity contribution is 5.92. The number of rotatable bonds is 4. The van der Waals surface area contributed by atoms with Crippen LogP contribution >= 0.6 is 0 Å². The zero-order valence-electron chi connectivity index (χ0n) is 13.8. The lowest BCUT2D eigenvalue weighted by Gasteiger charge is -2.34. The highest BCUT2D eigenvalue weighted by atomic mass is 16.5. The first kappa shape index (κ1) is 16.2. The average molecular weight is 327 g/mol. The van der Waals surface area contributed by atoms with Gasteiger partial charge in [0.25, 0.3) is 5.91 Å². The second-order valence-corrected chi connectivity index (χ2v) is 5.98. The van der Waals surface area contributed by atoms with Crippen LogP contribution in [0.15, 0.2) is 40.9 Å². The monoisotopic (exact) mass is 327 g/mol. The molecule has 2 aromatic rings. The minimum absolute atomic E-state index is 0.136. The summed E-state index contributed by atoms with van der Waals surface area (Å²) < 4.78 is 4.95. The number of carbonyl (C=O) groups is 2. The largest absolute Gasteiger partial charge is 0.361 e. The van der Waals surface area contributed by atoms with Crippen molar-refractivity contribution in [1.82, 2.24) is 15.0 Å². The van der Waals surface area contributed by atoms with Gasteiger partial charge in [-0.1, -0.05) is 35.5 Å². The normalized spacial score (nSPS) is 14.7. The first-order valence-electron chi connectivity index (χ1n) is 8.18. The van der Waals surface area contributed by atoms with Gasteiger partial charge in [0, 0.05) is 38.7 Å². The Morgan fingerprint density at radius 3 is 2.38 bits per heavy atom. The lowest BCUT2D eigenvalue weighted by molar-refractivity contribution is -0.132. The fourth-order valence-corrected chi connectivity index (χ4v) is 2.84. The molecule has 3 rings (SSSR count). The predicted molar refractivity (Wildman–Crippen MR) is 88.5 cm³/mol. The molecule has 0 bridgehead atoms. The van der Waals surface area contributed by atoms with E-state index in [0.29, 0.717) is 44.1 Å². The maximum absolute atomic E-state index is 12.3. The van der Waals surface area contributed by atoms with E-state index in [1.807, 2.05) is 35.2 Å². The van der Waals surface area contributed by atoms with Gasteiger partial charge in [-0.2, -0.15) is 0 Å². The van der Waals surface area contributed by atoms with Crippen LogP contribution in [0.3, 0.4) is 0 Å². The topological polar surface area (TPSA) is 66.7 Å². The van der Waals surface area contributed by atoms with Crippen molar-refractivity contribution in [1.29, 1.82) is 0 Å². The lowest BCUT2D eigenvalue weighted by atomic mass is 10.1. The Bertz CT molecular complexity index is 703. The molecule has 1 aromatic carbocycles. The zero-order valence-corrected chi connectivity index (χ0v) is 13.8. The van der Waals surface area contributed by atoms with E-state index in [1.165, 1.54) is 5.56 Å². The Labute approximate surface area is 141 Å².